The van der Waals surface area contributed by atoms with Crippen LogP contribution in [0, 0.1) is 5.82 Å². The highest BCUT2D eigenvalue weighted by Gasteiger charge is 2.13. The van der Waals surface area contributed by atoms with Crippen LogP contribution < -0.4 is 0 Å². The number of pyridine rings is 1. The van der Waals surface area contributed by atoms with Crippen molar-refractivity contribution in [2.24, 2.45) is 0 Å². The summed E-state index contributed by atoms with van der Waals surface area (Å²) in [6.07, 6.45) is 3.51. The van der Waals surface area contributed by atoms with E-state index in [1.54, 1.807) is 30.6 Å². The van der Waals surface area contributed by atoms with E-state index in [-0.39, 0.29) is 5.82 Å². The minimum absolute atomic E-state index is 0.304. The molecule has 1 aromatic carbocycles. The fourth-order valence-electron chi connectivity index (χ4n) is 1.61. The smallest absolute Gasteiger partial charge is 0.163 e. The number of aromatic nitrogens is 3. The van der Waals surface area contributed by atoms with Crippen molar-refractivity contribution in [3.63, 3.8) is 0 Å². The molecule has 0 bridgehead atoms. The van der Waals surface area contributed by atoms with Crippen molar-refractivity contribution in [2.75, 3.05) is 0 Å². The molecule has 1 N–H and O–H groups in total. The largest absolute Gasteiger partial charge is 0.366 e. The number of aromatic amines is 1. The number of fused-ring (bicyclic) bond motifs is 1. The third-order valence-electron chi connectivity index (χ3n) is 2.39. The third-order valence-corrected chi connectivity index (χ3v) is 2.39. The van der Waals surface area contributed by atoms with Crippen molar-refractivity contribution in [3.8, 4) is 22.8 Å². The lowest BCUT2D eigenvalue weighted by Gasteiger charge is -1.95. The summed E-state index contributed by atoms with van der Waals surface area (Å²) in [5.74, 6) is 0.120. The SMILES string of the molecule is Fc1ccccc1-c1nc2cc[nH]cc-2n1. The lowest BCUT2D eigenvalue weighted by atomic mass is 10.2. The van der Waals surface area contributed by atoms with Crippen LogP contribution in [0.15, 0.2) is 42.7 Å². The summed E-state index contributed by atoms with van der Waals surface area (Å²) in [6.45, 7) is 0. The summed E-state index contributed by atoms with van der Waals surface area (Å²) >= 11 is 0. The second-order valence-corrected chi connectivity index (χ2v) is 3.44. The van der Waals surface area contributed by atoms with E-state index in [4.69, 9.17) is 0 Å². The molecule has 2 heterocycles. The van der Waals surface area contributed by atoms with Gasteiger partial charge in [0.15, 0.2) is 5.82 Å². The molecule has 1 aromatic rings. The van der Waals surface area contributed by atoms with Crippen LogP contribution in [0.1, 0.15) is 0 Å². The fraction of sp³-hybridized carbons (Fsp3) is 0. The van der Waals surface area contributed by atoms with E-state index in [9.17, 15) is 4.39 Å². The molecule has 16 heavy (non-hydrogen) atoms. The van der Waals surface area contributed by atoms with Gasteiger partial charge in [-0.15, -0.1) is 0 Å². The lowest BCUT2D eigenvalue weighted by molar-refractivity contribution is 0.630. The van der Waals surface area contributed by atoms with Gasteiger partial charge in [-0.2, -0.15) is 0 Å². The van der Waals surface area contributed by atoms with Crippen molar-refractivity contribution in [3.05, 3.63) is 48.5 Å². The second-order valence-electron chi connectivity index (χ2n) is 3.44. The highest BCUT2D eigenvalue weighted by atomic mass is 19.1. The molecule has 3 nitrogen and oxygen atoms in total. The maximum Gasteiger partial charge on any atom is 0.163 e. The molecule has 0 aliphatic carbocycles. The van der Waals surface area contributed by atoms with Gasteiger partial charge in [0, 0.05) is 12.4 Å². The molecule has 0 saturated heterocycles. The topological polar surface area (TPSA) is 41.6 Å². The Hall–Kier alpha value is -2.23. The molecule has 0 fully saturated rings. The van der Waals surface area contributed by atoms with Crippen LogP contribution in [-0.2, 0) is 0 Å². The van der Waals surface area contributed by atoms with Crippen LogP contribution in [0.5, 0.6) is 0 Å². The predicted molar refractivity (Wildman–Crippen MR) is 58.4 cm³/mol. The van der Waals surface area contributed by atoms with Gasteiger partial charge in [-0.05, 0) is 18.2 Å². The zero-order valence-electron chi connectivity index (χ0n) is 8.31. The monoisotopic (exact) mass is 213 g/mol. The van der Waals surface area contributed by atoms with Crippen molar-refractivity contribution in [1.29, 1.82) is 0 Å². The Balaban J connectivity index is 2.21. The normalized spacial score (nSPS) is 10.8. The third kappa shape index (κ3) is 1.35. The maximum atomic E-state index is 13.5. The average molecular weight is 213 g/mol. The molecule has 0 spiro atoms. The standard InChI is InChI=1S/C12H8FN3/c13-9-4-2-1-3-8(9)12-15-10-5-6-14-7-11(10)16-12/h1-7,14H. The van der Waals surface area contributed by atoms with E-state index < -0.39 is 0 Å². The Morgan fingerprint density at radius 2 is 1.81 bits per heavy atom. The van der Waals surface area contributed by atoms with Gasteiger partial charge in [0.05, 0.1) is 11.3 Å². The highest BCUT2D eigenvalue weighted by Crippen LogP contribution is 2.25. The number of H-pyrrole nitrogens is 1. The Morgan fingerprint density at radius 1 is 1.00 bits per heavy atom. The molecular weight excluding hydrogens is 205 g/mol. The first-order valence-corrected chi connectivity index (χ1v) is 4.90. The molecule has 4 heteroatoms. The zero-order chi connectivity index (χ0) is 11.0. The summed E-state index contributed by atoms with van der Waals surface area (Å²) in [5, 5.41) is 0. The number of halogens is 1. The van der Waals surface area contributed by atoms with E-state index >= 15 is 0 Å². The molecule has 2 aliphatic rings. The summed E-state index contributed by atoms with van der Waals surface area (Å²) in [6, 6.07) is 8.31. The van der Waals surface area contributed by atoms with E-state index in [1.807, 2.05) is 6.07 Å². The van der Waals surface area contributed by atoms with Crippen molar-refractivity contribution in [1.82, 2.24) is 15.0 Å². The minimum atomic E-state index is -0.304. The molecule has 78 valence electrons. The first-order chi connectivity index (χ1) is 7.84. The van der Waals surface area contributed by atoms with E-state index in [0.29, 0.717) is 11.4 Å². The number of benzene rings is 1. The maximum absolute atomic E-state index is 13.5. The molecule has 2 aliphatic heterocycles. The van der Waals surface area contributed by atoms with Crippen LogP contribution in [0.3, 0.4) is 0 Å². The van der Waals surface area contributed by atoms with Crippen molar-refractivity contribution >= 4 is 0 Å². The van der Waals surface area contributed by atoms with Gasteiger partial charge < -0.3 is 4.98 Å². The fourth-order valence-corrected chi connectivity index (χ4v) is 1.61. The van der Waals surface area contributed by atoms with Gasteiger partial charge in [0.1, 0.15) is 11.5 Å². The van der Waals surface area contributed by atoms with Gasteiger partial charge in [-0.25, -0.2) is 14.4 Å². The van der Waals surface area contributed by atoms with Crippen LogP contribution in [0.4, 0.5) is 4.39 Å². The number of rotatable bonds is 1. The van der Waals surface area contributed by atoms with Crippen LogP contribution in [-0.4, -0.2) is 15.0 Å². The zero-order valence-corrected chi connectivity index (χ0v) is 8.31. The minimum Gasteiger partial charge on any atom is -0.366 e. The number of imidazole rings is 1. The first kappa shape index (κ1) is 9.03. The van der Waals surface area contributed by atoms with Crippen molar-refractivity contribution < 1.29 is 4.39 Å². The van der Waals surface area contributed by atoms with Gasteiger partial charge in [-0.1, -0.05) is 12.1 Å². The molecule has 0 atom stereocenters. The average Bonchev–Trinajstić information content (AvgIpc) is 2.73. The van der Waals surface area contributed by atoms with Crippen LogP contribution >= 0.6 is 0 Å². The Kier molecular flexibility index (Phi) is 1.93. The Bertz CT molecular complexity index is 573. The molecule has 0 aromatic heterocycles. The molecular formula is C12H8FN3. The van der Waals surface area contributed by atoms with E-state index in [2.05, 4.69) is 15.0 Å². The highest BCUT2D eigenvalue weighted by molar-refractivity contribution is 5.65. The summed E-state index contributed by atoms with van der Waals surface area (Å²) < 4.78 is 13.5. The molecule has 0 amide bonds. The number of hydrogen-bond donors (Lipinski definition) is 1. The molecule has 0 saturated carbocycles. The van der Waals surface area contributed by atoms with Crippen LogP contribution in [0.2, 0.25) is 0 Å². The van der Waals surface area contributed by atoms with Gasteiger partial charge >= 0.3 is 0 Å². The van der Waals surface area contributed by atoms with Crippen molar-refractivity contribution in [2.45, 2.75) is 0 Å². The summed E-state index contributed by atoms with van der Waals surface area (Å²) in [4.78, 5) is 11.5. The molecule has 0 unspecified atom stereocenters. The predicted octanol–water partition coefficient (Wildman–Crippen LogP) is 2.72. The molecule has 3 rings (SSSR count). The Labute approximate surface area is 91.3 Å². The van der Waals surface area contributed by atoms with Gasteiger partial charge in [0.2, 0.25) is 0 Å². The Morgan fingerprint density at radius 3 is 2.62 bits per heavy atom. The van der Waals surface area contributed by atoms with Crippen LogP contribution in [0.25, 0.3) is 22.8 Å². The summed E-state index contributed by atoms with van der Waals surface area (Å²) in [5.41, 5.74) is 1.93. The second kappa shape index (κ2) is 3.41. The van der Waals surface area contributed by atoms with E-state index in [0.717, 1.165) is 11.4 Å². The lowest BCUT2D eigenvalue weighted by Crippen LogP contribution is -1.84. The van der Waals surface area contributed by atoms with Gasteiger partial charge in [-0.3, -0.25) is 0 Å². The summed E-state index contributed by atoms with van der Waals surface area (Å²) in [7, 11) is 0. The molecule has 0 radical (unpaired) electrons. The first-order valence-electron chi connectivity index (χ1n) is 4.90. The van der Waals surface area contributed by atoms with Gasteiger partial charge in [0.25, 0.3) is 0 Å². The quantitative estimate of drug-likeness (QED) is 0.675. The number of hydrogen-bond acceptors (Lipinski definition) is 2. The number of nitrogens with one attached hydrogen (secondary N) is 1. The van der Waals surface area contributed by atoms with E-state index in [1.165, 1.54) is 6.07 Å². The number of nitrogens with zero attached hydrogens (tertiary/aromatic N) is 2.